The van der Waals surface area contributed by atoms with Crippen molar-refractivity contribution in [2.45, 2.75) is 40.0 Å². The summed E-state index contributed by atoms with van der Waals surface area (Å²) in [5, 5.41) is 0.999. The van der Waals surface area contributed by atoms with Crippen LogP contribution in [-0.2, 0) is 13.3 Å². The van der Waals surface area contributed by atoms with Crippen LogP contribution < -0.4 is 9.92 Å². The van der Waals surface area contributed by atoms with E-state index in [-0.39, 0.29) is 0 Å². The Morgan fingerprint density at radius 1 is 0.762 bits per heavy atom. The molecule has 0 atom stereocenters. The first-order chi connectivity index (χ1) is 10.2. The molecule has 5 heteroatoms. The predicted octanol–water partition coefficient (Wildman–Crippen LogP) is 3.12. The molecule has 0 saturated heterocycles. The molecule has 21 heavy (non-hydrogen) atoms. The number of benzene rings is 1. The van der Waals surface area contributed by atoms with Crippen molar-refractivity contribution in [3.05, 3.63) is 24.3 Å². The summed E-state index contributed by atoms with van der Waals surface area (Å²) >= 11 is 0. The van der Waals surface area contributed by atoms with Crippen LogP contribution in [0.4, 0.5) is 0 Å². The molecule has 1 aromatic carbocycles. The van der Waals surface area contributed by atoms with Crippen molar-refractivity contribution in [3.8, 4) is 5.75 Å². The quantitative estimate of drug-likeness (QED) is 0.588. The lowest BCUT2D eigenvalue weighted by Crippen LogP contribution is -2.57. The van der Waals surface area contributed by atoms with Crippen LogP contribution in [0.2, 0.25) is 0 Å². The van der Waals surface area contributed by atoms with Crippen LogP contribution in [0.25, 0.3) is 0 Å². The first-order valence-electron chi connectivity index (χ1n) is 7.78. The van der Waals surface area contributed by atoms with Crippen molar-refractivity contribution >= 4 is 14.0 Å². The van der Waals surface area contributed by atoms with Crippen molar-refractivity contribution in [1.82, 2.24) is 0 Å². The molecule has 4 nitrogen and oxygen atoms in total. The molecule has 0 fully saturated rings. The lowest BCUT2D eigenvalue weighted by atomic mass is 10.3. The van der Waals surface area contributed by atoms with Gasteiger partial charge in [0.15, 0.2) is 0 Å². The summed E-state index contributed by atoms with van der Waals surface area (Å²) in [4.78, 5) is 0. The molecule has 0 aliphatic rings. The van der Waals surface area contributed by atoms with E-state index < -0.39 is 8.80 Å². The van der Waals surface area contributed by atoms with Crippen LogP contribution in [0, 0.1) is 0 Å². The normalized spacial score (nSPS) is 11.6. The molecule has 1 aromatic rings. The van der Waals surface area contributed by atoms with Crippen LogP contribution >= 0.6 is 0 Å². The highest BCUT2D eigenvalue weighted by atomic mass is 28.4. The van der Waals surface area contributed by atoms with Gasteiger partial charge in [-0.2, -0.15) is 0 Å². The van der Waals surface area contributed by atoms with E-state index in [0.717, 1.165) is 30.2 Å². The highest BCUT2D eigenvalue weighted by Crippen LogP contribution is 2.15. The molecule has 0 bridgehead atoms. The Bertz CT molecular complexity index is 359. The molecule has 0 heterocycles. The number of ether oxygens (including phenoxy) is 1. The van der Waals surface area contributed by atoms with Crippen molar-refractivity contribution in [2.24, 2.45) is 0 Å². The minimum Gasteiger partial charge on any atom is -0.497 e. The molecule has 0 amide bonds. The van der Waals surface area contributed by atoms with Crippen LogP contribution in [-0.4, -0.2) is 35.7 Å². The third-order valence-electron chi connectivity index (χ3n) is 2.93. The van der Waals surface area contributed by atoms with Gasteiger partial charge in [-0.15, -0.1) is 0 Å². The highest BCUT2D eigenvalue weighted by molar-refractivity contribution is 6.75. The Balaban J connectivity index is 3.02. The maximum absolute atomic E-state index is 6.10. The Morgan fingerprint density at radius 3 is 1.52 bits per heavy atom. The minimum absolute atomic E-state index is 0.645. The van der Waals surface area contributed by atoms with Gasteiger partial charge in [-0.05, 0) is 31.4 Å². The number of hydrogen-bond donors (Lipinski definition) is 0. The lowest BCUT2D eigenvalue weighted by Gasteiger charge is -2.29. The second-order valence-corrected chi connectivity index (χ2v) is 7.39. The van der Waals surface area contributed by atoms with Crippen molar-refractivity contribution in [2.75, 3.05) is 26.9 Å². The number of rotatable bonds is 11. The standard InChI is InChI=1S/C16H28O4Si/c1-5-12-18-21(19-13-6-2,20-14-7-3)16-10-8-15(17-4)9-11-16/h8-11H,5-7,12-14H2,1-4H3. The minimum atomic E-state index is -2.83. The number of methoxy groups -OCH3 is 1. The first kappa shape index (κ1) is 18.2. The SMILES string of the molecule is CCCO[Si](OCCC)(OCCC)c1ccc(OC)cc1. The summed E-state index contributed by atoms with van der Waals surface area (Å²) in [6.07, 6.45) is 2.82. The summed E-state index contributed by atoms with van der Waals surface area (Å²) in [5.41, 5.74) is 0. The van der Waals surface area contributed by atoms with E-state index in [1.54, 1.807) is 7.11 Å². The zero-order valence-corrected chi connectivity index (χ0v) is 14.7. The Hall–Kier alpha value is -0.883. The maximum Gasteiger partial charge on any atom is 0.537 e. The van der Waals surface area contributed by atoms with E-state index in [1.165, 1.54) is 0 Å². The molecule has 120 valence electrons. The zero-order valence-electron chi connectivity index (χ0n) is 13.7. The monoisotopic (exact) mass is 312 g/mol. The number of hydrogen-bond acceptors (Lipinski definition) is 4. The largest absolute Gasteiger partial charge is 0.537 e. The van der Waals surface area contributed by atoms with E-state index in [0.29, 0.717) is 19.8 Å². The first-order valence-corrected chi connectivity index (χ1v) is 9.51. The Kier molecular flexibility index (Phi) is 8.60. The fourth-order valence-corrected chi connectivity index (χ4v) is 4.62. The summed E-state index contributed by atoms with van der Waals surface area (Å²) < 4.78 is 23.5. The highest BCUT2D eigenvalue weighted by Gasteiger charge is 2.43. The van der Waals surface area contributed by atoms with Gasteiger partial charge in [-0.1, -0.05) is 32.9 Å². The van der Waals surface area contributed by atoms with Gasteiger partial charge in [-0.3, -0.25) is 0 Å². The van der Waals surface area contributed by atoms with E-state index in [4.69, 9.17) is 18.0 Å². The second kappa shape index (κ2) is 9.95. The summed E-state index contributed by atoms with van der Waals surface area (Å²) in [7, 11) is -1.16. The molecular weight excluding hydrogens is 284 g/mol. The van der Waals surface area contributed by atoms with Crippen molar-refractivity contribution in [3.63, 3.8) is 0 Å². The third kappa shape index (κ3) is 5.43. The molecule has 1 rings (SSSR count). The van der Waals surface area contributed by atoms with Gasteiger partial charge >= 0.3 is 8.80 Å². The van der Waals surface area contributed by atoms with E-state index in [9.17, 15) is 0 Å². The van der Waals surface area contributed by atoms with E-state index in [1.807, 2.05) is 24.3 Å². The van der Waals surface area contributed by atoms with Gasteiger partial charge in [0.05, 0.1) is 7.11 Å². The molecular formula is C16H28O4Si. The maximum atomic E-state index is 6.10. The van der Waals surface area contributed by atoms with Crippen LogP contribution in [0.3, 0.4) is 0 Å². The summed E-state index contributed by atoms with van der Waals surface area (Å²) in [6.45, 7) is 8.20. The Morgan fingerprint density at radius 2 is 1.19 bits per heavy atom. The lowest BCUT2D eigenvalue weighted by molar-refractivity contribution is 0.0732. The molecule has 0 saturated carbocycles. The smallest absolute Gasteiger partial charge is 0.497 e. The fraction of sp³-hybridized carbons (Fsp3) is 0.625. The summed E-state index contributed by atoms with van der Waals surface area (Å²) in [6, 6.07) is 7.84. The van der Waals surface area contributed by atoms with Crippen LogP contribution in [0.15, 0.2) is 24.3 Å². The van der Waals surface area contributed by atoms with E-state index >= 15 is 0 Å². The molecule has 0 N–H and O–H groups in total. The average molecular weight is 312 g/mol. The molecule has 0 radical (unpaired) electrons. The van der Waals surface area contributed by atoms with Crippen molar-refractivity contribution < 1.29 is 18.0 Å². The molecule has 0 unspecified atom stereocenters. The van der Waals surface area contributed by atoms with Crippen LogP contribution in [0.5, 0.6) is 5.75 Å². The Labute approximate surface area is 129 Å². The summed E-state index contributed by atoms with van der Waals surface area (Å²) in [5.74, 6) is 0.822. The van der Waals surface area contributed by atoms with Gasteiger partial charge < -0.3 is 18.0 Å². The van der Waals surface area contributed by atoms with Gasteiger partial charge in [-0.25, -0.2) is 0 Å². The average Bonchev–Trinajstić information content (AvgIpc) is 2.55. The third-order valence-corrected chi connectivity index (χ3v) is 5.73. The predicted molar refractivity (Wildman–Crippen MR) is 87.1 cm³/mol. The van der Waals surface area contributed by atoms with E-state index in [2.05, 4.69) is 20.8 Å². The van der Waals surface area contributed by atoms with Crippen LogP contribution in [0.1, 0.15) is 40.0 Å². The molecule has 0 aliphatic heterocycles. The van der Waals surface area contributed by atoms with Gasteiger partial charge in [0, 0.05) is 25.0 Å². The molecule has 0 spiro atoms. The second-order valence-electron chi connectivity index (χ2n) is 4.83. The van der Waals surface area contributed by atoms with Gasteiger partial charge in [0.2, 0.25) is 0 Å². The molecule has 0 aliphatic carbocycles. The molecule has 0 aromatic heterocycles. The van der Waals surface area contributed by atoms with Gasteiger partial charge in [0.25, 0.3) is 0 Å². The fourth-order valence-electron chi connectivity index (χ4n) is 1.88. The zero-order chi connectivity index (χ0) is 15.6. The topological polar surface area (TPSA) is 36.9 Å². The van der Waals surface area contributed by atoms with Crippen molar-refractivity contribution in [1.29, 1.82) is 0 Å². The van der Waals surface area contributed by atoms with Gasteiger partial charge in [0.1, 0.15) is 5.75 Å².